The molecule has 0 bridgehead atoms. The maximum Gasteiger partial charge on any atom is 0.356 e. The molecule has 0 fully saturated rings. The molecule has 0 amide bonds. The highest BCUT2D eigenvalue weighted by Crippen LogP contribution is 2.23. The number of methoxy groups -OCH3 is 1. The minimum Gasteiger partial charge on any atom is -0.464 e. The number of hydrogen-bond donors (Lipinski definition) is 2. The summed E-state index contributed by atoms with van der Waals surface area (Å²) in [6, 6.07) is 5.58. The van der Waals surface area contributed by atoms with E-state index in [0.29, 0.717) is 11.3 Å². The van der Waals surface area contributed by atoms with Gasteiger partial charge in [-0.3, -0.25) is 0 Å². The first-order valence-electron chi connectivity index (χ1n) is 4.81. The maximum absolute atomic E-state index is 12.8. The summed E-state index contributed by atoms with van der Waals surface area (Å²) in [6.45, 7) is 0. The van der Waals surface area contributed by atoms with Gasteiger partial charge in [-0.15, -0.1) is 0 Å². The Bertz CT molecular complexity index is 548. The van der Waals surface area contributed by atoms with Gasteiger partial charge in [0.2, 0.25) is 0 Å². The number of H-pyrrole nitrogens is 1. The van der Waals surface area contributed by atoms with Gasteiger partial charge in [-0.05, 0) is 24.3 Å². The van der Waals surface area contributed by atoms with E-state index in [2.05, 4.69) is 14.7 Å². The number of nitrogen functional groups attached to an aromatic ring is 1. The van der Waals surface area contributed by atoms with Crippen molar-refractivity contribution in [1.29, 1.82) is 0 Å². The van der Waals surface area contributed by atoms with E-state index in [-0.39, 0.29) is 17.5 Å². The fourth-order valence-corrected chi connectivity index (χ4v) is 1.46. The van der Waals surface area contributed by atoms with Gasteiger partial charge in [-0.2, -0.15) is 0 Å². The van der Waals surface area contributed by atoms with Gasteiger partial charge in [0, 0.05) is 5.56 Å². The predicted molar refractivity (Wildman–Crippen MR) is 59.7 cm³/mol. The summed E-state index contributed by atoms with van der Waals surface area (Å²) in [5.41, 5.74) is 6.57. The highest BCUT2D eigenvalue weighted by atomic mass is 19.1. The predicted octanol–water partition coefficient (Wildman–Crippen LogP) is 1.58. The van der Waals surface area contributed by atoms with Crippen molar-refractivity contribution < 1.29 is 13.9 Å². The Hall–Kier alpha value is -2.37. The zero-order chi connectivity index (χ0) is 12.4. The highest BCUT2D eigenvalue weighted by molar-refractivity contribution is 5.94. The molecule has 0 radical (unpaired) electrons. The smallest absolute Gasteiger partial charge is 0.356 e. The number of aromatic amines is 1. The molecule has 0 aliphatic heterocycles. The quantitative estimate of drug-likeness (QED) is 0.774. The monoisotopic (exact) mass is 235 g/mol. The van der Waals surface area contributed by atoms with Gasteiger partial charge in [0.15, 0.2) is 11.6 Å². The van der Waals surface area contributed by atoms with Crippen LogP contribution in [-0.2, 0) is 4.74 Å². The molecule has 5 nitrogen and oxygen atoms in total. The molecule has 17 heavy (non-hydrogen) atoms. The number of nitrogens with zero attached hydrogens (tertiary/aromatic N) is 1. The first-order valence-corrected chi connectivity index (χ1v) is 4.81. The van der Waals surface area contributed by atoms with Gasteiger partial charge in [-0.25, -0.2) is 14.2 Å². The molecule has 88 valence electrons. The van der Waals surface area contributed by atoms with Gasteiger partial charge in [0.1, 0.15) is 11.5 Å². The number of halogens is 1. The summed E-state index contributed by atoms with van der Waals surface area (Å²) in [4.78, 5) is 18.1. The number of ether oxygens (including phenoxy) is 1. The molecule has 0 aliphatic carbocycles. The Kier molecular flexibility index (Phi) is 2.78. The number of nitrogens with one attached hydrogen (secondary N) is 1. The molecule has 2 aromatic rings. The molecule has 0 aliphatic rings. The molecular weight excluding hydrogens is 225 g/mol. The lowest BCUT2D eigenvalue weighted by Gasteiger charge is -2.00. The minimum absolute atomic E-state index is 0.102. The summed E-state index contributed by atoms with van der Waals surface area (Å²) >= 11 is 0. The van der Waals surface area contributed by atoms with Crippen molar-refractivity contribution >= 4 is 11.9 Å². The van der Waals surface area contributed by atoms with Crippen LogP contribution < -0.4 is 5.73 Å². The average molecular weight is 235 g/mol. The third-order valence-electron chi connectivity index (χ3n) is 2.23. The second kappa shape index (κ2) is 4.25. The molecular formula is C11H10FN3O2. The average Bonchev–Trinajstić information content (AvgIpc) is 2.71. The lowest BCUT2D eigenvalue weighted by atomic mass is 10.1. The van der Waals surface area contributed by atoms with E-state index in [0.717, 1.165) is 0 Å². The number of nitrogens with two attached hydrogens (primary N) is 1. The number of rotatable bonds is 2. The standard InChI is InChI=1S/C11H10FN3O2/c1-17-10(16)9-8(14-11(13)15-9)6-2-4-7(12)5-3-6/h2-5H,1H3,(H3,13,14,15). The summed E-state index contributed by atoms with van der Waals surface area (Å²) in [6.07, 6.45) is 0. The van der Waals surface area contributed by atoms with Crippen LogP contribution >= 0.6 is 0 Å². The normalized spacial score (nSPS) is 10.2. The van der Waals surface area contributed by atoms with E-state index in [1.807, 2.05) is 0 Å². The van der Waals surface area contributed by atoms with Gasteiger partial charge in [0.25, 0.3) is 0 Å². The van der Waals surface area contributed by atoms with Crippen LogP contribution in [0.5, 0.6) is 0 Å². The molecule has 1 aromatic carbocycles. The van der Waals surface area contributed by atoms with Crippen molar-refractivity contribution in [2.24, 2.45) is 0 Å². The molecule has 0 spiro atoms. The number of aromatic nitrogens is 2. The molecule has 0 saturated carbocycles. The third-order valence-corrected chi connectivity index (χ3v) is 2.23. The molecule has 0 saturated heterocycles. The SMILES string of the molecule is COC(=O)c1[nH]c(N)nc1-c1ccc(F)cc1. The Morgan fingerprint density at radius 2 is 2.06 bits per heavy atom. The molecule has 1 aromatic heterocycles. The third kappa shape index (κ3) is 2.10. The van der Waals surface area contributed by atoms with Gasteiger partial charge in [0.05, 0.1) is 7.11 Å². The van der Waals surface area contributed by atoms with Crippen LogP contribution in [0.3, 0.4) is 0 Å². The molecule has 1 heterocycles. The van der Waals surface area contributed by atoms with Crippen molar-refractivity contribution in [2.45, 2.75) is 0 Å². The Labute approximate surface area is 96.4 Å². The molecule has 3 N–H and O–H groups in total. The topological polar surface area (TPSA) is 81.0 Å². The van der Waals surface area contributed by atoms with Crippen LogP contribution in [-0.4, -0.2) is 23.0 Å². The van der Waals surface area contributed by atoms with Crippen molar-refractivity contribution in [1.82, 2.24) is 9.97 Å². The van der Waals surface area contributed by atoms with E-state index in [4.69, 9.17) is 5.73 Å². The number of carbonyl (C=O) groups excluding carboxylic acids is 1. The second-order valence-corrected chi connectivity index (χ2v) is 3.34. The van der Waals surface area contributed by atoms with Crippen LogP contribution in [0.4, 0.5) is 10.3 Å². The second-order valence-electron chi connectivity index (χ2n) is 3.34. The van der Waals surface area contributed by atoms with Crippen LogP contribution in [0, 0.1) is 5.82 Å². The number of hydrogen-bond acceptors (Lipinski definition) is 4. The number of benzene rings is 1. The lowest BCUT2D eigenvalue weighted by Crippen LogP contribution is -2.03. The fraction of sp³-hybridized carbons (Fsp3) is 0.0909. The number of carbonyl (C=O) groups is 1. The van der Waals surface area contributed by atoms with Crippen LogP contribution in [0.2, 0.25) is 0 Å². The Morgan fingerprint density at radius 1 is 1.41 bits per heavy atom. The first kappa shape index (κ1) is 11.1. The largest absolute Gasteiger partial charge is 0.464 e. The van der Waals surface area contributed by atoms with Crippen molar-refractivity contribution in [3.05, 3.63) is 35.8 Å². The summed E-state index contributed by atoms with van der Waals surface area (Å²) < 4.78 is 17.4. The van der Waals surface area contributed by atoms with Crippen LogP contribution in [0.25, 0.3) is 11.3 Å². The maximum atomic E-state index is 12.8. The molecule has 0 unspecified atom stereocenters. The summed E-state index contributed by atoms with van der Waals surface area (Å²) in [5.74, 6) is -0.838. The number of esters is 1. The highest BCUT2D eigenvalue weighted by Gasteiger charge is 2.18. The van der Waals surface area contributed by atoms with E-state index < -0.39 is 5.97 Å². The molecule has 2 rings (SSSR count). The van der Waals surface area contributed by atoms with Crippen LogP contribution in [0.1, 0.15) is 10.5 Å². The number of imidazole rings is 1. The van der Waals surface area contributed by atoms with Crippen molar-refractivity contribution in [2.75, 3.05) is 12.8 Å². The van der Waals surface area contributed by atoms with E-state index >= 15 is 0 Å². The zero-order valence-corrected chi connectivity index (χ0v) is 9.03. The van der Waals surface area contributed by atoms with Gasteiger partial charge in [-0.1, -0.05) is 0 Å². The summed E-state index contributed by atoms with van der Waals surface area (Å²) in [7, 11) is 1.26. The summed E-state index contributed by atoms with van der Waals surface area (Å²) in [5, 5.41) is 0. The van der Waals surface area contributed by atoms with Crippen molar-refractivity contribution in [3.63, 3.8) is 0 Å². The van der Waals surface area contributed by atoms with E-state index in [1.165, 1.54) is 31.4 Å². The number of anilines is 1. The fourth-order valence-electron chi connectivity index (χ4n) is 1.46. The molecule has 6 heteroatoms. The molecule has 0 atom stereocenters. The van der Waals surface area contributed by atoms with Crippen LogP contribution in [0.15, 0.2) is 24.3 Å². The lowest BCUT2D eigenvalue weighted by molar-refractivity contribution is 0.0595. The first-order chi connectivity index (χ1) is 8.11. The Balaban J connectivity index is 2.51. The Morgan fingerprint density at radius 3 is 2.65 bits per heavy atom. The van der Waals surface area contributed by atoms with E-state index in [1.54, 1.807) is 0 Å². The minimum atomic E-state index is -0.575. The van der Waals surface area contributed by atoms with Gasteiger partial charge < -0.3 is 15.5 Å². The van der Waals surface area contributed by atoms with Crippen molar-refractivity contribution in [3.8, 4) is 11.3 Å². The van der Waals surface area contributed by atoms with Gasteiger partial charge >= 0.3 is 5.97 Å². The van der Waals surface area contributed by atoms with E-state index in [9.17, 15) is 9.18 Å². The zero-order valence-electron chi connectivity index (χ0n) is 9.03.